The summed E-state index contributed by atoms with van der Waals surface area (Å²) < 4.78 is 68.7. The Bertz CT molecular complexity index is 1870. The van der Waals surface area contributed by atoms with Crippen LogP contribution in [0.15, 0.2) is 0 Å². The topological polar surface area (TPSA) is 237 Å². The average molecular weight is 1420 g/mol. The summed E-state index contributed by atoms with van der Waals surface area (Å²) in [5.74, 6) is -0.573. The molecule has 0 saturated heterocycles. The van der Waals surface area contributed by atoms with Crippen molar-refractivity contribution in [3.8, 4) is 0 Å². The molecule has 0 rings (SSSR count). The number of unbranched alkanes of at least 4 members (excludes halogenated alkanes) is 47. The lowest BCUT2D eigenvalue weighted by Crippen LogP contribution is -2.30. The van der Waals surface area contributed by atoms with Crippen LogP contribution in [0.2, 0.25) is 0 Å². The molecular weight excluding hydrogens is 1270 g/mol. The second-order valence-electron chi connectivity index (χ2n) is 29.1. The third-order valence-corrected chi connectivity index (χ3v) is 20.1. The highest BCUT2D eigenvalue weighted by molar-refractivity contribution is 7.47. The summed E-state index contributed by atoms with van der Waals surface area (Å²) in [4.78, 5) is 73.0. The Kier molecular flexibility index (Phi) is 68.4. The Labute approximate surface area is 594 Å². The highest BCUT2D eigenvalue weighted by atomic mass is 31.2. The summed E-state index contributed by atoms with van der Waals surface area (Å²) in [7, 11) is -9.92. The highest BCUT2D eigenvalue weighted by Crippen LogP contribution is 2.45. The van der Waals surface area contributed by atoms with Gasteiger partial charge in [0.05, 0.1) is 26.4 Å². The summed E-state index contributed by atoms with van der Waals surface area (Å²) in [6.07, 6.45) is 58.1. The lowest BCUT2D eigenvalue weighted by atomic mass is 10.0. The minimum Gasteiger partial charge on any atom is -0.462 e. The lowest BCUT2D eigenvalue weighted by molar-refractivity contribution is -0.161. The Balaban J connectivity index is 5.27. The van der Waals surface area contributed by atoms with E-state index in [0.29, 0.717) is 25.7 Å². The number of aliphatic hydroxyl groups excluding tert-OH is 1. The van der Waals surface area contributed by atoms with Crippen molar-refractivity contribution in [3.63, 3.8) is 0 Å². The van der Waals surface area contributed by atoms with E-state index in [2.05, 4.69) is 41.5 Å². The van der Waals surface area contributed by atoms with E-state index < -0.39 is 97.5 Å². The average Bonchev–Trinajstić information content (AvgIpc) is 1.03. The van der Waals surface area contributed by atoms with Crippen molar-refractivity contribution in [2.24, 2.45) is 11.8 Å². The zero-order valence-corrected chi connectivity index (χ0v) is 65.2. The van der Waals surface area contributed by atoms with E-state index in [1.807, 2.05) is 0 Å². The first kappa shape index (κ1) is 95.1. The van der Waals surface area contributed by atoms with Crippen LogP contribution >= 0.6 is 15.6 Å². The van der Waals surface area contributed by atoms with Gasteiger partial charge in [-0.05, 0) is 37.5 Å². The van der Waals surface area contributed by atoms with Crippen molar-refractivity contribution >= 4 is 39.5 Å². The third-order valence-electron chi connectivity index (χ3n) is 18.2. The molecule has 0 fully saturated rings. The van der Waals surface area contributed by atoms with Gasteiger partial charge in [-0.1, -0.05) is 356 Å². The predicted octanol–water partition coefficient (Wildman–Crippen LogP) is 23.1. The van der Waals surface area contributed by atoms with Crippen LogP contribution in [0.1, 0.15) is 408 Å². The summed E-state index contributed by atoms with van der Waals surface area (Å²) in [6, 6.07) is 0. The van der Waals surface area contributed by atoms with E-state index in [0.717, 1.165) is 102 Å². The van der Waals surface area contributed by atoms with Crippen molar-refractivity contribution in [2.75, 3.05) is 39.6 Å². The monoisotopic (exact) mass is 1420 g/mol. The van der Waals surface area contributed by atoms with Gasteiger partial charge in [0.1, 0.15) is 19.3 Å². The van der Waals surface area contributed by atoms with E-state index in [9.17, 15) is 43.2 Å². The Morgan fingerprint density at radius 1 is 0.278 bits per heavy atom. The van der Waals surface area contributed by atoms with Crippen LogP contribution in [-0.2, 0) is 65.4 Å². The molecule has 97 heavy (non-hydrogen) atoms. The quantitative estimate of drug-likeness (QED) is 0.0222. The van der Waals surface area contributed by atoms with Crippen LogP contribution in [-0.4, -0.2) is 96.7 Å². The number of rotatable bonds is 77. The molecule has 0 aliphatic heterocycles. The van der Waals surface area contributed by atoms with Crippen molar-refractivity contribution < 1.29 is 80.2 Å². The van der Waals surface area contributed by atoms with Gasteiger partial charge in [-0.15, -0.1) is 0 Å². The zero-order chi connectivity index (χ0) is 71.4. The fourth-order valence-corrected chi connectivity index (χ4v) is 13.6. The minimum atomic E-state index is -4.96. The first-order valence-corrected chi connectivity index (χ1v) is 43.5. The molecule has 19 heteroatoms. The molecule has 0 bridgehead atoms. The molecule has 3 N–H and O–H groups in total. The van der Waals surface area contributed by atoms with Crippen LogP contribution in [0.3, 0.4) is 0 Å². The number of ether oxygens (including phenoxy) is 4. The summed E-state index contributed by atoms with van der Waals surface area (Å²) in [5.41, 5.74) is 0. The van der Waals surface area contributed by atoms with Crippen molar-refractivity contribution in [3.05, 3.63) is 0 Å². The SMILES string of the molecule is CCCCCCCCCCCCCCCCCCC(=O)O[C@H](COC(=O)CCCCCCCCCCCCCC(C)C)COP(=O)(O)OC[C@@H](O)COP(=O)(O)OC[C@@H](COC(=O)CCCCCCCCCCCCCCC)OC(=O)CCCCCCCCCCCCCC(C)C. The lowest BCUT2D eigenvalue weighted by Gasteiger charge is -2.21. The van der Waals surface area contributed by atoms with Gasteiger partial charge in [0.2, 0.25) is 0 Å². The molecule has 2 unspecified atom stereocenters. The molecule has 0 amide bonds. The summed E-state index contributed by atoms with van der Waals surface area (Å²) in [5, 5.41) is 10.6. The van der Waals surface area contributed by atoms with Gasteiger partial charge >= 0.3 is 39.5 Å². The fourth-order valence-electron chi connectivity index (χ4n) is 12.0. The van der Waals surface area contributed by atoms with Gasteiger partial charge in [0.25, 0.3) is 0 Å². The maximum absolute atomic E-state index is 13.1. The largest absolute Gasteiger partial charge is 0.472 e. The number of phosphoric acid groups is 2. The fraction of sp³-hybridized carbons (Fsp3) is 0.949. The van der Waals surface area contributed by atoms with Gasteiger partial charge < -0.3 is 33.8 Å². The van der Waals surface area contributed by atoms with E-state index >= 15 is 0 Å². The Morgan fingerprint density at radius 2 is 0.474 bits per heavy atom. The van der Waals surface area contributed by atoms with Crippen LogP contribution in [0.25, 0.3) is 0 Å². The molecule has 0 aromatic carbocycles. The second kappa shape index (κ2) is 69.8. The molecule has 0 aromatic rings. The second-order valence-corrected chi connectivity index (χ2v) is 32.0. The summed E-state index contributed by atoms with van der Waals surface area (Å²) >= 11 is 0. The number of phosphoric ester groups is 2. The molecule has 0 saturated carbocycles. The molecule has 0 heterocycles. The molecule has 0 radical (unpaired) electrons. The molecule has 0 spiro atoms. The van der Waals surface area contributed by atoms with Crippen LogP contribution in [0, 0.1) is 11.8 Å². The van der Waals surface area contributed by atoms with Crippen LogP contribution in [0.5, 0.6) is 0 Å². The van der Waals surface area contributed by atoms with Gasteiger partial charge in [-0.3, -0.25) is 37.3 Å². The molecule has 5 atom stereocenters. The Hall–Kier alpha value is -1.94. The minimum absolute atomic E-state index is 0.107. The van der Waals surface area contributed by atoms with Crippen LogP contribution in [0.4, 0.5) is 0 Å². The van der Waals surface area contributed by atoms with Gasteiger partial charge in [-0.25, -0.2) is 9.13 Å². The standard InChI is InChI=1S/C78H152O17P2/c1-7-9-11-13-15-17-19-21-22-23-25-31-38-44-50-56-62-77(82)94-73(67-89-76(81)61-55-49-43-37-32-26-28-34-40-46-52-58-70(3)4)68-92-96(84,85)90-64-72(79)65-91-97(86,87)93-69-74(66-88-75(80)60-54-48-42-36-30-24-20-18-16-14-12-10-8-2)95-78(83)63-57-51-45-39-33-27-29-35-41-47-53-59-71(5)6/h70-74,79H,7-69H2,1-6H3,(H,84,85)(H,86,87)/t72-,73-,74-/m1/s1. The number of aliphatic hydroxyl groups is 1. The molecular formula is C78H152O17P2. The van der Waals surface area contributed by atoms with E-state index in [1.165, 1.54) is 225 Å². The molecule has 17 nitrogen and oxygen atoms in total. The van der Waals surface area contributed by atoms with Gasteiger partial charge in [0.15, 0.2) is 12.2 Å². The van der Waals surface area contributed by atoms with Gasteiger partial charge in [0, 0.05) is 25.7 Å². The summed E-state index contributed by atoms with van der Waals surface area (Å²) in [6.45, 7) is 9.63. The molecule has 0 aliphatic carbocycles. The smallest absolute Gasteiger partial charge is 0.462 e. The maximum Gasteiger partial charge on any atom is 0.472 e. The van der Waals surface area contributed by atoms with Crippen molar-refractivity contribution in [1.82, 2.24) is 0 Å². The van der Waals surface area contributed by atoms with Gasteiger partial charge in [-0.2, -0.15) is 0 Å². The third kappa shape index (κ3) is 72.2. The number of hydrogen-bond acceptors (Lipinski definition) is 15. The number of hydrogen-bond donors (Lipinski definition) is 3. The van der Waals surface area contributed by atoms with Crippen molar-refractivity contribution in [1.29, 1.82) is 0 Å². The van der Waals surface area contributed by atoms with Crippen LogP contribution < -0.4 is 0 Å². The van der Waals surface area contributed by atoms with E-state index in [1.54, 1.807) is 0 Å². The first-order valence-electron chi connectivity index (χ1n) is 40.5. The zero-order valence-electron chi connectivity index (χ0n) is 63.4. The maximum atomic E-state index is 13.1. The molecule has 0 aliphatic rings. The number of carbonyl (C=O) groups is 4. The number of carbonyl (C=O) groups excluding carboxylic acids is 4. The highest BCUT2D eigenvalue weighted by Gasteiger charge is 2.30. The first-order chi connectivity index (χ1) is 46.9. The van der Waals surface area contributed by atoms with Crippen molar-refractivity contribution in [2.45, 2.75) is 426 Å². The normalized spacial score (nSPS) is 14.0. The Morgan fingerprint density at radius 3 is 0.701 bits per heavy atom. The van der Waals surface area contributed by atoms with E-state index in [4.69, 9.17) is 37.0 Å². The molecule has 0 aromatic heterocycles. The number of esters is 4. The van der Waals surface area contributed by atoms with E-state index in [-0.39, 0.29) is 25.7 Å². The molecule has 576 valence electrons. The predicted molar refractivity (Wildman–Crippen MR) is 395 cm³/mol.